The predicted molar refractivity (Wildman–Crippen MR) is 229 cm³/mol. The third-order valence-electron chi connectivity index (χ3n) is 9.62. The smallest absolute Gasteiger partial charge is 0.458 e. The molecule has 15 heteroatoms. The first-order valence-corrected chi connectivity index (χ1v) is 21.1. The molecule has 2 fully saturated rings. The van der Waals surface area contributed by atoms with E-state index in [0.717, 1.165) is 5.56 Å². The lowest BCUT2D eigenvalue weighted by atomic mass is 9.74. The molecule has 0 unspecified atom stereocenters. The third-order valence-corrected chi connectivity index (χ3v) is 9.62. The van der Waals surface area contributed by atoms with Gasteiger partial charge in [0.1, 0.15) is 34.6 Å². The molecule has 8 atom stereocenters. The molecule has 0 amide bonds. The van der Waals surface area contributed by atoms with Crippen molar-refractivity contribution >= 4 is 30.0 Å². The molecule has 0 radical (unpaired) electrons. The van der Waals surface area contributed by atoms with E-state index in [4.69, 9.17) is 42.6 Å². The topological polar surface area (TPSA) is 189 Å². The van der Waals surface area contributed by atoms with E-state index in [1.165, 1.54) is 33.8 Å². The molecule has 4 rings (SSSR count). The minimum atomic E-state index is -3.46. The number of rotatable bonds is 14. The van der Waals surface area contributed by atoms with Crippen LogP contribution in [0.1, 0.15) is 114 Å². The second-order valence-corrected chi connectivity index (χ2v) is 20.0. The summed E-state index contributed by atoms with van der Waals surface area (Å²) in [6.45, 7) is 21.5. The van der Waals surface area contributed by atoms with Crippen molar-refractivity contribution in [1.29, 1.82) is 0 Å². The van der Waals surface area contributed by atoms with E-state index in [-0.39, 0.29) is 12.5 Å². The number of hydrogen-bond donors (Lipinski definition) is 1. The lowest BCUT2D eigenvalue weighted by Crippen LogP contribution is -2.79. The van der Waals surface area contributed by atoms with E-state index >= 15 is 4.79 Å². The first kappa shape index (κ1) is 50.8. The highest BCUT2D eigenvalue weighted by atomic mass is 16.8. The first-order chi connectivity index (χ1) is 28.9. The van der Waals surface area contributed by atoms with Crippen molar-refractivity contribution in [2.75, 3.05) is 0 Å². The van der Waals surface area contributed by atoms with Crippen LogP contribution in [0, 0.1) is 5.92 Å². The Hall–Kier alpha value is -4.83. The van der Waals surface area contributed by atoms with Crippen molar-refractivity contribution in [3.63, 3.8) is 0 Å². The summed E-state index contributed by atoms with van der Waals surface area (Å²) in [5, 5.41) is 13.3. The lowest BCUT2D eigenvalue weighted by molar-refractivity contribution is -0.376. The quantitative estimate of drug-likeness (QED) is 0.113. The molecule has 0 aromatic heterocycles. The maximum Gasteiger partial charge on any atom is 0.509 e. The van der Waals surface area contributed by atoms with Crippen LogP contribution >= 0.6 is 0 Å². The number of hydrogen-bond acceptors (Lipinski definition) is 15. The molecular formula is C48H66O15. The number of carbonyl (C=O) groups is 5. The largest absolute Gasteiger partial charge is 0.509 e. The van der Waals surface area contributed by atoms with Crippen molar-refractivity contribution < 1.29 is 71.7 Å². The molecule has 2 aliphatic heterocycles. The van der Waals surface area contributed by atoms with Crippen LogP contribution in [0.15, 0.2) is 72.8 Å². The SMILES string of the molecule is CC(=O)O[C@H](/C=C/C[C@]12O[C@H](C(=O)OC(C)(C)C)[C@@](O)(C(=O)OC(C)(C)C)[C@](C(=O)OC(C)(C)C)(O1)[C@H](OCc1ccccc1)[C@H]2OC(=O)OC(C)(C)C)[C@H](C)Cc1ccccc1. The summed E-state index contributed by atoms with van der Waals surface area (Å²) in [5.74, 6) is -7.52. The molecule has 2 saturated heterocycles. The summed E-state index contributed by atoms with van der Waals surface area (Å²) in [4.78, 5) is 71.1. The van der Waals surface area contributed by atoms with Crippen molar-refractivity contribution in [3.05, 3.63) is 83.9 Å². The molecule has 348 valence electrons. The lowest BCUT2D eigenvalue weighted by Gasteiger charge is -2.51. The highest BCUT2D eigenvalue weighted by molar-refractivity contribution is 5.99. The van der Waals surface area contributed by atoms with Crippen LogP contribution in [0.3, 0.4) is 0 Å². The molecule has 63 heavy (non-hydrogen) atoms. The van der Waals surface area contributed by atoms with Crippen LogP contribution in [-0.4, -0.2) is 98.9 Å². The van der Waals surface area contributed by atoms with E-state index in [9.17, 15) is 24.3 Å². The van der Waals surface area contributed by atoms with Gasteiger partial charge in [-0.2, -0.15) is 0 Å². The monoisotopic (exact) mass is 882 g/mol. The van der Waals surface area contributed by atoms with Crippen LogP contribution in [0.4, 0.5) is 4.79 Å². The van der Waals surface area contributed by atoms with E-state index in [2.05, 4.69) is 0 Å². The Bertz CT molecular complexity index is 1950. The number of esters is 4. The zero-order valence-electron chi connectivity index (χ0n) is 39.1. The highest BCUT2D eigenvalue weighted by Gasteiger charge is 2.87. The predicted octanol–water partition coefficient (Wildman–Crippen LogP) is 7.27. The second-order valence-electron chi connectivity index (χ2n) is 20.0. The Balaban J connectivity index is 2.07. The Kier molecular flexibility index (Phi) is 15.4. The number of fused-ring (bicyclic) bond motifs is 2. The third kappa shape index (κ3) is 12.7. The summed E-state index contributed by atoms with van der Waals surface area (Å²) in [6.07, 6.45) is -5.33. The minimum Gasteiger partial charge on any atom is -0.458 e. The van der Waals surface area contributed by atoms with Crippen LogP contribution in [0.2, 0.25) is 0 Å². The molecule has 0 aliphatic carbocycles. The number of aliphatic hydroxyl groups is 1. The Morgan fingerprint density at radius 1 is 0.714 bits per heavy atom. The molecule has 2 heterocycles. The highest BCUT2D eigenvalue weighted by Crippen LogP contribution is 2.58. The molecule has 0 saturated carbocycles. The van der Waals surface area contributed by atoms with Gasteiger partial charge >= 0.3 is 30.0 Å². The van der Waals surface area contributed by atoms with Gasteiger partial charge in [0, 0.05) is 19.3 Å². The average Bonchev–Trinajstić information content (AvgIpc) is 3.36. The fraction of sp³-hybridized carbons (Fsp3) is 0.604. The maximum absolute atomic E-state index is 15.3. The molecule has 15 nitrogen and oxygen atoms in total. The van der Waals surface area contributed by atoms with Crippen LogP contribution < -0.4 is 0 Å². The van der Waals surface area contributed by atoms with E-state index in [0.29, 0.717) is 12.0 Å². The zero-order chi connectivity index (χ0) is 47.4. The first-order valence-electron chi connectivity index (χ1n) is 21.1. The summed E-state index contributed by atoms with van der Waals surface area (Å²) in [6, 6.07) is 18.3. The standard InChI is InChI=1S/C48H66O15/c1-30(28-32-22-17-15-18-23-32)34(56-31(2)49)26-21-27-46-35(57-41(53)62-45(12,13)14)36(55-29-33-24-19-16-20-25-33)48(63-46,40(52)61-44(9,10)11)47(54,39(51)60-43(6,7)8)37(58-46)38(50)59-42(3,4)5/h15-26,30,34-37,54H,27-29H2,1-14H3/b26-21+/t30-,34-,35-,36-,37-,46+,47-,48+/m1/s1. The molecule has 2 bridgehead atoms. The van der Waals surface area contributed by atoms with Gasteiger partial charge < -0.3 is 47.7 Å². The molecule has 2 aromatic rings. The zero-order valence-corrected chi connectivity index (χ0v) is 39.1. The molecular weight excluding hydrogens is 817 g/mol. The van der Waals surface area contributed by atoms with Crippen molar-refractivity contribution in [2.45, 2.75) is 180 Å². The van der Waals surface area contributed by atoms with Crippen LogP contribution in [-0.2, 0) is 74.8 Å². The average molecular weight is 883 g/mol. The normalized spacial score (nSPS) is 26.0. The second kappa shape index (κ2) is 19.1. The van der Waals surface area contributed by atoms with Gasteiger partial charge in [-0.15, -0.1) is 0 Å². The molecule has 2 aliphatic rings. The Morgan fingerprint density at radius 3 is 1.73 bits per heavy atom. The van der Waals surface area contributed by atoms with Gasteiger partial charge in [0.2, 0.25) is 23.1 Å². The fourth-order valence-corrected chi connectivity index (χ4v) is 7.26. The van der Waals surface area contributed by atoms with Gasteiger partial charge in [0.05, 0.1) is 6.61 Å². The van der Waals surface area contributed by atoms with Crippen LogP contribution in [0.5, 0.6) is 0 Å². The van der Waals surface area contributed by atoms with E-state index < -0.39 is 100 Å². The van der Waals surface area contributed by atoms with Gasteiger partial charge in [0.25, 0.3) is 0 Å². The van der Waals surface area contributed by atoms with Gasteiger partial charge in [-0.3, -0.25) is 4.79 Å². The van der Waals surface area contributed by atoms with E-state index in [1.54, 1.807) is 98.7 Å². The number of ether oxygens (including phenoxy) is 9. The van der Waals surface area contributed by atoms with Crippen LogP contribution in [0.25, 0.3) is 0 Å². The van der Waals surface area contributed by atoms with Crippen molar-refractivity contribution in [2.24, 2.45) is 5.92 Å². The summed E-state index contributed by atoms with van der Waals surface area (Å²) >= 11 is 0. The van der Waals surface area contributed by atoms with Gasteiger partial charge in [-0.1, -0.05) is 73.7 Å². The Labute approximate surface area is 371 Å². The maximum atomic E-state index is 15.3. The van der Waals surface area contributed by atoms with Gasteiger partial charge in [-0.05, 0) is 107 Å². The molecule has 0 spiro atoms. The van der Waals surface area contributed by atoms with Crippen molar-refractivity contribution in [1.82, 2.24) is 0 Å². The fourth-order valence-electron chi connectivity index (χ4n) is 7.26. The van der Waals surface area contributed by atoms with Gasteiger partial charge in [0.15, 0.2) is 6.10 Å². The summed E-state index contributed by atoms with van der Waals surface area (Å²) in [7, 11) is 0. The number of carbonyl (C=O) groups excluding carboxylic acids is 5. The van der Waals surface area contributed by atoms with Gasteiger partial charge in [-0.25, -0.2) is 19.2 Å². The summed E-state index contributed by atoms with van der Waals surface area (Å²) < 4.78 is 54.8. The van der Waals surface area contributed by atoms with E-state index in [1.807, 2.05) is 37.3 Å². The molecule has 1 N–H and O–H groups in total. The summed E-state index contributed by atoms with van der Waals surface area (Å²) in [5.41, 5.74) is -10.0. The minimum absolute atomic E-state index is 0.287. The number of benzene rings is 2. The molecule has 2 aromatic carbocycles. The van der Waals surface area contributed by atoms with Crippen molar-refractivity contribution in [3.8, 4) is 0 Å². The Morgan fingerprint density at radius 2 is 1.22 bits per heavy atom.